The molecule has 2 rings (SSSR count). The molecule has 5 heteroatoms. The largest absolute Gasteiger partial charge is 0.399 e. The number of hydrogen-bond donors (Lipinski definition) is 2. The fourth-order valence-electron chi connectivity index (χ4n) is 1.93. The molecule has 0 aliphatic rings. The lowest BCUT2D eigenvalue weighted by molar-refractivity contribution is 0.212. The standard InChI is InChI=1S/C16H18ClN3O/c1-2-20(11-12-7-9-13(18)10-8-12)16(21)19-15-6-4-3-5-14(15)17/h3-10H,2,11,18H2,1H3,(H,19,21). The summed E-state index contributed by atoms with van der Waals surface area (Å²) in [5.41, 5.74) is 8.01. The van der Waals surface area contributed by atoms with Gasteiger partial charge in [0, 0.05) is 18.8 Å². The number of rotatable bonds is 4. The fourth-order valence-corrected chi connectivity index (χ4v) is 2.11. The zero-order chi connectivity index (χ0) is 15.2. The van der Waals surface area contributed by atoms with Crippen LogP contribution in [0.4, 0.5) is 16.2 Å². The molecule has 0 fully saturated rings. The summed E-state index contributed by atoms with van der Waals surface area (Å²) in [6.45, 7) is 3.05. The monoisotopic (exact) mass is 303 g/mol. The average Bonchev–Trinajstić information content (AvgIpc) is 2.49. The van der Waals surface area contributed by atoms with Gasteiger partial charge in [-0.1, -0.05) is 35.9 Å². The minimum Gasteiger partial charge on any atom is -0.399 e. The molecule has 0 heterocycles. The van der Waals surface area contributed by atoms with Crippen LogP contribution in [0.2, 0.25) is 5.02 Å². The van der Waals surface area contributed by atoms with Gasteiger partial charge in [-0.2, -0.15) is 0 Å². The average molecular weight is 304 g/mol. The van der Waals surface area contributed by atoms with Gasteiger partial charge in [0.1, 0.15) is 0 Å². The van der Waals surface area contributed by atoms with E-state index >= 15 is 0 Å². The van der Waals surface area contributed by atoms with Crippen molar-refractivity contribution in [3.05, 3.63) is 59.1 Å². The maximum atomic E-state index is 12.3. The van der Waals surface area contributed by atoms with Crippen LogP contribution in [0.25, 0.3) is 0 Å². The first-order valence-electron chi connectivity index (χ1n) is 6.75. The summed E-state index contributed by atoms with van der Waals surface area (Å²) in [4.78, 5) is 14.0. The third-order valence-corrected chi connectivity index (χ3v) is 3.47. The molecule has 0 spiro atoms. The number of nitrogens with two attached hydrogens (primary N) is 1. The predicted molar refractivity (Wildman–Crippen MR) is 87.4 cm³/mol. The van der Waals surface area contributed by atoms with Crippen LogP contribution in [0, 0.1) is 0 Å². The molecule has 0 saturated carbocycles. The number of urea groups is 1. The highest BCUT2D eigenvalue weighted by molar-refractivity contribution is 6.33. The molecule has 110 valence electrons. The van der Waals surface area contributed by atoms with Crippen LogP contribution in [0.5, 0.6) is 0 Å². The Balaban J connectivity index is 2.05. The number of carbonyl (C=O) groups excluding carboxylic acids is 1. The topological polar surface area (TPSA) is 58.4 Å². The van der Waals surface area contributed by atoms with Crippen LogP contribution in [-0.2, 0) is 6.54 Å². The lowest BCUT2D eigenvalue weighted by atomic mass is 10.2. The van der Waals surface area contributed by atoms with Crippen molar-refractivity contribution in [3.63, 3.8) is 0 Å². The van der Waals surface area contributed by atoms with Gasteiger partial charge in [-0.3, -0.25) is 0 Å². The minimum atomic E-state index is -0.178. The van der Waals surface area contributed by atoms with E-state index in [1.54, 1.807) is 17.0 Å². The molecule has 0 atom stereocenters. The van der Waals surface area contributed by atoms with Crippen molar-refractivity contribution in [2.24, 2.45) is 0 Å². The highest BCUT2D eigenvalue weighted by Crippen LogP contribution is 2.21. The van der Waals surface area contributed by atoms with E-state index in [9.17, 15) is 4.79 Å². The highest BCUT2D eigenvalue weighted by atomic mass is 35.5. The number of nitrogens with one attached hydrogen (secondary N) is 1. The van der Waals surface area contributed by atoms with Gasteiger partial charge < -0.3 is 16.0 Å². The molecule has 3 N–H and O–H groups in total. The second kappa shape index (κ2) is 6.99. The van der Waals surface area contributed by atoms with Gasteiger partial charge in [0.05, 0.1) is 10.7 Å². The molecule has 0 saturated heterocycles. The minimum absolute atomic E-state index is 0.178. The summed E-state index contributed by atoms with van der Waals surface area (Å²) in [5, 5.41) is 3.35. The van der Waals surface area contributed by atoms with Crippen molar-refractivity contribution in [1.29, 1.82) is 0 Å². The Hall–Kier alpha value is -2.20. The van der Waals surface area contributed by atoms with E-state index in [-0.39, 0.29) is 6.03 Å². The van der Waals surface area contributed by atoms with E-state index in [0.29, 0.717) is 29.5 Å². The van der Waals surface area contributed by atoms with E-state index < -0.39 is 0 Å². The normalized spacial score (nSPS) is 10.2. The van der Waals surface area contributed by atoms with Crippen molar-refractivity contribution < 1.29 is 4.79 Å². The zero-order valence-corrected chi connectivity index (χ0v) is 12.6. The lowest BCUT2D eigenvalue weighted by Crippen LogP contribution is -2.34. The Morgan fingerprint density at radius 2 is 1.86 bits per heavy atom. The molecule has 0 aromatic heterocycles. The molecule has 0 aliphatic heterocycles. The summed E-state index contributed by atoms with van der Waals surface area (Å²) in [6.07, 6.45) is 0. The molecule has 0 radical (unpaired) electrons. The molecule has 2 amide bonds. The summed E-state index contributed by atoms with van der Waals surface area (Å²) in [6, 6.07) is 14.5. The van der Waals surface area contributed by atoms with E-state index in [2.05, 4.69) is 5.32 Å². The highest BCUT2D eigenvalue weighted by Gasteiger charge is 2.13. The predicted octanol–water partition coefficient (Wildman–Crippen LogP) is 3.98. The molecule has 0 unspecified atom stereocenters. The van der Waals surface area contributed by atoms with Gasteiger partial charge in [-0.15, -0.1) is 0 Å². The van der Waals surface area contributed by atoms with Gasteiger partial charge in [-0.05, 0) is 36.8 Å². The maximum absolute atomic E-state index is 12.3. The Morgan fingerprint density at radius 1 is 1.19 bits per heavy atom. The van der Waals surface area contributed by atoms with Crippen LogP contribution in [0.15, 0.2) is 48.5 Å². The smallest absolute Gasteiger partial charge is 0.322 e. The number of nitrogen functional groups attached to an aromatic ring is 1. The van der Waals surface area contributed by atoms with Crippen LogP contribution >= 0.6 is 11.6 Å². The number of anilines is 2. The number of nitrogens with zero attached hydrogens (tertiary/aromatic N) is 1. The van der Waals surface area contributed by atoms with E-state index in [1.807, 2.05) is 43.3 Å². The number of hydrogen-bond acceptors (Lipinski definition) is 2. The third-order valence-electron chi connectivity index (χ3n) is 3.14. The molecule has 4 nitrogen and oxygen atoms in total. The van der Waals surface area contributed by atoms with Crippen molar-refractivity contribution in [2.75, 3.05) is 17.6 Å². The second-order valence-corrected chi connectivity index (χ2v) is 5.07. The number of benzene rings is 2. The van der Waals surface area contributed by atoms with Crippen molar-refractivity contribution >= 4 is 29.0 Å². The molecule has 2 aromatic rings. The maximum Gasteiger partial charge on any atom is 0.322 e. The molecule has 2 aromatic carbocycles. The van der Waals surface area contributed by atoms with Crippen molar-refractivity contribution in [1.82, 2.24) is 4.90 Å². The van der Waals surface area contributed by atoms with Crippen LogP contribution in [0.3, 0.4) is 0 Å². The quantitative estimate of drug-likeness (QED) is 0.839. The Morgan fingerprint density at radius 3 is 2.48 bits per heavy atom. The number of amides is 2. The third kappa shape index (κ3) is 4.13. The summed E-state index contributed by atoms with van der Waals surface area (Å²) in [5.74, 6) is 0. The molecule has 21 heavy (non-hydrogen) atoms. The summed E-state index contributed by atoms with van der Waals surface area (Å²) in [7, 11) is 0. The van der Waals surface area contributed by atoms with Crippen LogP contribution in [0.1, 0.15) is 12.5 Å². The van der Waals surface area contributed by atoms with Gasteiger partial charge in [0.15, 0.2) is 0 Å². The Kier molecular flexibility index (Phi) is 5.06. The van der Waals surface area contributed by atoms with E-state index in [0.717, 1.165) is 5.56 Å². The van der Waals surface area contributed by atoms with Gasteiger partial charge in [-0.25, -0.2) is 4.79 Å². The van der Waals surface area contributed by atoms with Gasteiger partial charge in [0.25, 0.3) is 0 Å². The number of carbonyl (C=O) groups is 1. The molecular weight excluding hydrogens is 286 g/mol. The second-order valence-electron chi connectivity index (χ2n) is 4.67. The van der Waals surface area contributed by atoms with Crippen LogP contribution in [-0.4, -0.2) is 17.5 Å². The summed E-state index contributed by atoms with van der Waals surface area (Å²) < 4.78 is 0. The van der Waals surface area contributed by atoms with E-state index in [4.69, 9.17) is 17.3 Å². The first-order chi connectivity index (χ1) is 10.1. The molecular formula is C16H18ClN3O. The van der Waals surface area contributed by atoms with Crippen molar-refractivity contribution in [3.8, 4) is 0 Å². The van der Waals surface area contributed by atoms with E-state index in [1.165, 1.54) is 0 Å². The number of halogens is 1. The molecule has 0 aliphatic carbocycles. The first-order valence-corrected chi connectivity index (χ1v) is 7.13. The van der Waals surface area contributed by atoms with Gasteiger partial charge >= 0.3 is 6.03 Å². The van der Waals surface area contributed by atoms with Crippen LogP contribution < -0.4 is 11.1 Å². The zero-order valence-electron chi connectivity index (χ0n) is 11.8. The van der Waals surface area contributed by atoms with Crippen molar-refractivity contribution in [2.45, 2.75) is 13.5 Å². The Bertz CT molecular complexity index is 613. The molecule has 0 bridgehead atoms. The number of para-hydroxylation sites is 1. The van der Waals surface area contributed by atoms with Gasteiger partial charge in [0.2, 0.25) is 0 Å². The summed E-state index contributed by atoms with van der Waals surface area (Å²) >= 11 is 6.05. The fraction of sp³-hybridized carbons (Fsp3) is 0.188. The lowest BCUT2D eigenvalue weighted by Gasteiger charge is -2.22. The first kappa shape index (κ1) is 15.2. The SMILES string of the molecule is CCN(Cc1ccc(N)cc1)C(=O)Nc1ccccc1Cl. The Labute approximate surface area is 129 Å².